The van der Waals surface area contributed by atoms with E-state index in [9.17, 15) is 4.39 Å². The lowest BCUT2D eigenvalue weighted by atomic mass is 10.2. The summed E-state index contributed by atoms with van der Waals surface area (Å²) >= 11 is 3.40. The monoisotopic (exact) mass is 217 g/mol. The molecule has 0 bridgehead atoms. The van der Waals surface area contributed by atoms with Gasteiger partial charge in [-0.3, -0.25) is 4.98 Å². The molecule has 0 aromatic carbocycles. The van der Waals surface area contributed by atoms with E-state index in [2.05, 4.69) is 20.9 Å². The molecular weight excluding hydrogens is 209 g/mol. The maximum absolute atomic E-state index is 12.3. The van der Waals surface area contributed by atoms with Crippen molar-refractivity contribution in [2.24, 2.45) is 0 Å². The summed E-state index contributed by atoms with van der Waals surface area (Å²) in [6.07, 6.45) is 2.07. The van der Waals surface area contributed by atoms with Crippen LogP contribution in [0.2, 0.25) is 0 Å². The molecular formula is C8H9BrFN. The Morgan fingerprint density at radius 2 is 2.36 bits per heavy atom. The van der Waals surface area contributed by atoms with Gasteiger partial charge in [-0.1, -0.05) is 22.9 Å². The van der Waals surface area contributed by atoms with E-state index in [1.165, 1.54) is 12.3 Å². The molecule has 1 unspecified atom stereocenters. The summed E-state index contributed by atoms with van der Waals surface area (Å²) in [5, 5.41) is 0. The minimum Gasteiger partial charge on any atom is -0.258 e. The number of hydrogen-bond acceptors (Lipinski definition) is 1. The van der Waals surface area contributed by atoms with Gasteiger partial charge in [0.15, 0.2) is 0 Å². The minimum atomic E-state index is -0.282. The first-order valence-electron chi connectivity index (χ1n) is 3.43. The van der Waals surface area contributed by atoms with Gasteiger partial charge in [0.05, 0.1) is 6.20 Å². The van der Waals surface area contributed by atoms with Gasteiger partial charge in [0.2, 0.25) is 0 Å². The highest BCUT2D eigenvalue weighted by Crippen LogP contribution is 2.06. The average molecular weight is 218 g/mol. The number of aromatic nitrogens is 1. The molecule has 1 nitrogen and oxygen atoms in total. The maximum Gasteiger partial charge on any atom is 0.141 e. The summed E-state index contributed by atoms with van der Waals surface area (Å²) in [5.74, 6) is -0.282. The summed E-state index contributed by atoms with van der Waals surface area (Å²) in [7, 11) is 0. The molecule has 0 saturated carbocycles. The number of pyridine rings is 1. The lowest BCUT2D eigenvalue weighted by Crippen LogP contribution is -1.98. The van der Waals surface area contributed by atoms with Crippen molar-refractivity contribution in [3.05, 3.63) is 29.8 Å². The Bertz CT molecular complexity index is 220. The fourth-order valence-electron chi connectivity index (χ4n) is 0.815. The van der Waals surface area contributed by atoms with Crippen LogP contribution < -0.4 is 0 Å². The van der Waals surface area contributed by atoms with E-state index in [1.807, 2.05) is 6.92 Å². The van der Waals surface area contributed by atoms with Crippen molar-refractivity contribution in [3.8, 4) is 0 Å². The Morgan fingerprint density at radius 1 is 1.64 bits per heavy atom. The molecule has 0 fully saturated rings. The SMILES string of the molecule is CC(Br)Cc1ccc(F)cn1. The van der Waals surface area contributed by atoms with Gasteiger partial charge in [-0.15, -0.1) is 0 Å². The molecule has 0 radical (unpaired) electrons. The maximum atomic E-state index is 12.3. The Kier molecular flexibility index (Phi) is 3.00. The minimum absolute atomic E-state index is 0.282. The van der Waals surface area contributed by atoms with E-state index < -0.39 is 0 Å². The summed E-state index contributed by atoms with van der Waals surface area (Å²) in [6.45, 7) is 2.03. The van der Waals surface area contributed by atoms with Gasteiger partial charge in [-0.05, 0) is 12.1 Å². The van der Waals surface area contributed by atoms with Gasteiger partial charge >= 0.3 is 0 Å². The van der Waals surface area contributed by atoms with E-state index in [4.69, 9.17) is 0 Å². The van der Waals surface area contributed by atoms with E-state index in [0.717, 1.165) is 12.1 Å². The molecule has 0 aliphatic carbocycles. The normalized spacial score (nSPS) is 13.0. The summed E-state index contributed by atoms with van der Waals surface area (Å²) in [6, 6.07) is 3.13. The highest BCUT2D eigenvalue weighted by Gasteiger charge is 1.99. The molecule has 1 aromatic heterocycles. The highest BCUT2D eigenvalue weighted by atomic mass is 79.9. The van der Waals surface area contributed by atoms with Crippen LogP contribution in [0.25, 0.3) is 0 Å². The molecule has 0 saturated heterocycles. The third-order valence-electron chi connectivity index (χ3n) is 1.28. The molecule has 0 amide bonds. The summed E-state index contributed by atoms with van der Waals surface area (Å²) < 4.78 is 12.3. The highest BCUT2D eigenvalue weighted by molar-refractivity contribution is 9.09. The van der Waals surface area contributed by atoms with Crippen LogP contribution in [0.4, 0.5) is 4.39 Å². The fourth-order valence-corrected chi connectivity index (χ4v) is 1.15. The lowest BCUT2D eigenvalue weighted by Gasteiger charge is -2.00. The van der Waals surface area contributed by atoms with E-state index in [-0.39, 0.29) is 5.82 Å². The molecule has 1 rings (SSSR count). The van der Waals surface area contributed by atoms with Crippen LogP contribution in [0.3, 0.4) is 0 Å². The van der Waals surface area contributed by atoms with Crippen LogP contribution in [-0.4, -0.2) is 9.81 Å². The predicted octanol–water partition coefficient (Wildman–Crippen LogP) is 2.55. The first-order valence-corrected chi connectivity index (χ1v) is 4.34. The molecule has 0 N–H and O–H groups in total. The zero-order valence-corrected chi connectivity index (χ0v) is 7.81. The second-order valence-corrected chi connectivity index (χ2v) is 4.02. The molecule has 3 heteroatoms. The molecule has 0 aliphatic heterocycles. The quantitative estimate of drug-likeness (QED) is 0.695. The Labute approximate surface area is 73.8 Å². The fraction of sp³-hybridized carbons (Fsp3) is 0.375. The number of nitrogens with zero attached hydrogens (tertiary/aromatic N) is 1. The van der Waals surface area contributed by atoms with Gasteiger partial charge < -0.3 is 0 Å². The first kappa shape index (κ1) is 8.65. The van der Waals surface area contributed by atoms with Gasteiger partial charge in [0.1, 0.15) is 5.82 Å². The number of halogens is 2. The second kappa shape index (κ2) is 3.81. The van der Waals surface area contributed by atoms with Crippen LogP contribution in [0.5, 0.6) is 0 Å². The average Bonchev–Trinajstić information content (AvgIpc) is 1.93. The predicted molar refractivity (Wildman–Crippen MR) is 46.3 cm³/mol. The smallest absolute Gasteiger partial charge is 0.141 e. The van der Waals surface area contributed by atoms with Gasteiger partial charge in [-0.25, -0.2) is 4.39 Å². The van der Waals surface area contributed by atoms with Crippen LogP contribution >= 0.6 is 15.9 Å². The molecule has 1 atom stereocenters. The molecule has 60 valence electrons. The van der Waals surface area contributed by atoms with E-state index >= 15 is 0 Å². The zero-order chi connectivity index (χ0) is 8.27. The Morgan fingerprint density at radius 3 is 2.82 bits per heavy atom. The Hall–Kier alpha value is -0.440. The molecule has 0 aliphatic rings. The Balaban J connectivity index is 2.66. The lowest BCUT2D eigenvalue weighted by molar-refractivity contribution is 0.619. The van der Waals surface area contributed by atoms with Crippen molar-refractivity contribution in [1.82, 2.24) is 4.98 Å². The summed E-state index contributed by atoms with van der Waals surface area (Å²) in [5.41, 5.74) is 0.913. The zero-order valence-electron chi connectivity index (χ0n) is 6.22. The van der Waals surface area contributed by atoms with Crippen molar-refractivity contribution in [2.45, 2.75) is 18.2 Å². The first-order chi connectivity index (χ1) is 5.18. The van der Waals surface area contributed by atoms with Crippen molar-refractivity contribution < 1.29 is 4.39 Å². The topological polar surface area (TPSA) is 12.9 Å². The van der Waals surface area contributed by atoms with Crippen molar-refractivity contribution >= 4 is 15.9 Å². The van der Waals surface area contributed by atoms with Crippen LogP contribution in [0.1, 0.15) is 12.6 Å². The molecule has 1 heterocycles. The van der Waals surface area contributed by atoms with Crippen LogP contribution in [0.15, 0.2) is 18.3 Å². The van der Waals surface area contributed by atoms with Crippen molar-refractivity contribution in [1.29, 1.82) is 0 Å². The van der Waals surface area contributed by atoms with Gasteiger partial charge in [0, 0.05) is 16.9 Å². The molecule has 1 aromatic rings. The molecule has 0 spiro atoms. The van der Waals surface area contributed by atoms with Crippen LogP contribution in [-0.2, 0) is 6.42 Å². The van der Waals surface area contributed by atoms with Crippen LogP contribution in [0, 0.1) is 5.82 Å². The van der Waals surface area contributed by atoms with E-state index in [0.29, 0.717) is 4.83 Å². The van der Waals surface area contributed by atoms with Crippen molar-refractivity contribution in [3.63, 3.8) is 0 Å². The third kappa shape index (κ3) is 2.97. The second-order valence-electron chi connectivity index (χ2n) is 2.45. The van der Waals surface area contributed by atoms with Gasteiger partial charge in [-0.2, -0.15) is 0 Å². The number of rotatable bonds is 2. The summed E-state index contributed by atoms with van der Waals surface area (Å²) in [4.78, 5) is 4.30. The van der Waals surface area contributed by atoms with Gasteiger partial charge in [0.25, 0.3) is 0 Å². The van der Waals surface area contributed by atoms with E-state index in [1.54, 1.807) is 6.07 Å². The largest absolute Gasteiger partial charge is 0.258 e. The standard InChI is InChI=1S/C8H9BrFN/c1-6(9)4-8-3-2-7(10)5-11-8/h2-3,5-6H,4H2,1H3. The number of alkyl halides is 1. The van der Waals surface area contributed by atoms with Crippen molar-refractivity contribution in [2.75, 3.05) is 0 Å². The number of hydrogen-bond donors (Lipinski definition) is 0. The molecule has 11 heavy (non-hydrogen) atoms. The third-order valence-corrected chi connectivity index (χ3v) is 1.60.